The molecule has 2 aromatic carbocycles. The molecule has 1 aromatic heterocycles. The zero-order valence-corrected chi connectivity index (χ0v) is 20.0. The number of nitrogens with zero attached hydrogens (tertiary/aromatic N) is 3. The van der Waals surface area contributed by atoms with Gasteiger partial charge >= 0.3 is 5.97 Å². The normalized spacial score (nSPS) is 15.3. The predicted octanol–water partition coefficient (Wildman–Crippen LogP) is 6.01. The number of aromatic nitrogens is 3. The van der Waals surface area contributed by atoms with Gasteiger partial charge in [-0.15, -0.1) is 5.10 Å². The third kappa shape index (κ3) is 5.56. The second-order valence-corrected chi connectivity index (χ2v) is 8.85. The van der Waals surface area contributed by atoms with E-state index in [-0.39, 0.29) is 11.8 Å². The van der Waals surface area contributed by atoms with E-state index in [0.29, 0.717) is 40.3 Å². The van der Waals surface area contributed by atoms with Crippen LogP contribution in [0.15, 0.2) is 77.1 Å². The van der Waals surface area contributed by atoms with Crippen molar-refractivity contribution in [3.63, 3.8) is 0 Å². The van der Waals surface area contributed by atoms with Gasteiger partial charge in [-0.2, -0.15) is 4.98 Å². The fraction of sp³-hybridized carbons (Fsp3) is 0.269. The van der Waals surface area contributed by atoms with Crippen LogP contribution in [0, 0.1) is 5.82 Å². The molecule has 1 N–H and O–H groups in total. The van der Waals surface area contributed by atoms with E-state index in [1.807, 2.05) is 56.3 Å². The smallest absolute Gasteiger partial charge is 0.338 e. The van der Waals surface area contributed by atoms with E-state index in [1.165, 1.54) is 17.8 Å². The molecule has 0 aliphatic carbocycles. The van der Waals surface area contributed by atoms with Crippen molar-refractivity contribution in [3.8, 4) is 0 Å². The molecule has 1 aliphatic rings. The largest absolute Gasteiger partial charge is 0.462 e. The summed E-state index contributed by atoms with van der Waals surface area (Å²) in [5.41, 5.74) is 2.76. The van der Waals surface area contributed by atoms with Gasteiger partial charge in [-0.1, -0.05) is 85.8 Å². The third-order valence-electron chi connectivity index (χ3n) is 5.41. The molecule has 0 amide bonds. The summed E-state index contributed by atoms with van der Waals surface area (Å²) >= 11 is 1.34. The van der Waals surface area contributed by atoms with Crippen molar-refractivity contribution in [1.29, 1.82) is 0 Å². The number of fused-ring (bicyclic) bond motifs is 1. The number of carbonyl (C=O) groups excluding carboxylic acids is 1. The molecule has 2 heterocycles. The lowest BCUT2D eigenvalue weighted by molar-refractivity contribution is -0.139. The van der Waals surface area contributed by atoms with Crippen LogP contribution in [0.25, 0.3) is 6.08 Å². The van der Waals surface area contributed by atoms with Crippen molar-refractivity contribution in [2.75, 3.05) is 11.9 Å². The number of esters is 1. The fourth-order valence-electron chi connectivity index (χ4n) is 3.59. The molecule has 0 saturated carbocycles. The van der Waals surface area contributed by atoms with E-state index < -0.39 is 6.04 Å². The number of hydrogen-bond donors (Lipinski definition) is 1. The number of ether oxygens (including phenoxy) is 1. The van der Waals surface area contributed by atoms with E-state index in [4.69, 9.17) is 4.74 Å². The Balaban J connectivity index is 1.62. The number of thioether (sulfide) groups is 1. The van der Waals surface area contributed by atoms with Crippen molar-refractivity contribution in [1.82, 2.24) is 14.8 Å². The molecule has 0 spiro atoms. The van der Waals surface area contributed by atoms with Crippen molar-refractivity contribution in [2.24, 2.45) is 0 Å². The Labute approximate surface area is 202 Å². The second-order valence-electron chi connectivity index (χ2n) is 7.91. The quantitative estimate of drug-likeness (QED) is 0.231. The van der Waals surface area contributed by atoms with Crippen molar-refractivity contribution < 1.29 is 13.9 Å². The van der Waals surface area contributed by atoms with Gasteiger partial charge in [0.2, 0.25) is 11.1 Å². The van der Waals surface area contributed by atoms with Crippen LogP contribution in [0.3, 0.4) is 0 Å². The van der Waals surface area contributed by atoms with Crippen LogP contribution >= 0.6 is 11.8 Å². The first-order valence-electron chi connectivity index (χ1n) is 11.3. The molecular formula is C26H27FN4O2S. The Morgan fingerprint density at radius 2 is 1.97 bits per heavy atom. The first kappa shape index (κ1) is 23.8. The van der Waals surface area contributed by atoms with Gasteiger partial charge in [-0.05, 0) is 30.5 Å². The van der Waals surface area contributed by atoms with Crippen LogP contribution in [0.1, 0.15) is 43.9 Å². The number of hydrogen-bond acceptors (Lipinski definition) is 6. The Morgan fingerprint density at radius 1 is 1.21 bits per heavy atom. The molecular weight excluding hydrogens is 451 g/mol. The van der Waals surface area contributed by atoms with Gasteiger partial charge in [0, 0.05) is 11.4 Å². The van der Waals surface area contributed by atoms with Gasteiger partial charge in [0.25, 0.3) is 0 Å². The molecule has 0 saturated heterocycles. The van der Waals surface area contributed by atoms with Gasteiger partial charge < -0.3 is 10.1 Å². The summed E-state index contributed by atoms with van der Waals surface area (Å²) in [5, 5.41) is 8.33. The molecule has 1 unspecified atom stereocenters. The van der Waals surface area contributed by atoms with Crippen LogP contribution in [-0.2, 0) is 15.3 Å². The van der Waals surface area contributed by atoms with Crippen LogP contribution in [0.4, 0.5) is 10.3 Å². The maximum atomic E-state index is 14.0. The molecule has 0 radical (unpaired) electrons. The maximum Gasteiger partial charge on any atom is 0.338 e. The number of allylic oxidation sites excluding steroid dienone is 2. The molecule has 0 bridgehead atoms. The molecule has 34 heavy (non-hydrogen) atoms. The van der Waals surface area contributed by atoms with Gasteiger partial charge in [-0.3, -0.25) is 0 Å². The first-order chi connectivity index (χ1) is 16.6. The zero-order valence-electron chi connectivity index (χ0n) is 19.2. The van der Waals surface area contributed by atoms with Crippen molar-refractivity contribution in [3.05, 3.63) is 88.9 Å². The monoisotopic (exact) mass is 478 g/mol. The highest BCUT2D eigenvalue weighted by molar-refractivity contribution is 7.98. The van der Waals surface area contributed by atoms with Crippen LogP contribution in [0.5, 0.6) is 0 Å². The van der Waals surface area contributed by atoms with Crippen LogP contribution < -0.4 is 5.32 Å². The highest BCUT2D eigenvalue weighted by Crippen LogP contribution is 2.34. The lowest BCUT2D eigenvalue weighted by Crippen LogP contribution is -2.28. The number of benzene rings is 2. The zero-order chi connectivity index (χ0) is 23.9. The minimum atomic E-state index is -0.485. The van der Waals surface area contributed by atoms with Crippen LogP contribution in [0.2, 0.25) is 0 Å². The Hall–Kier alpha value is -3.39. The Kier molecular flexibility index (Phi) is 7.80. The molecule has 6 nitrogen and oxygen atoms in total. The highest BCUT2D eigenvalue weighted by Gasteiger charge is 2.32. The van der Waals surface area contributed by atoms with Gasteiger partial charge in [-0.25, -0.2) is 13.9 Å². The van der Waals surface area contributed by atoms with Crippen molar-refractivity contribution in [2.45, 2.75) is 43.6 Å². The average molecular weight is 479 g/mol. The Morgan fingerprint density at radius 3 is 2.74 bits per heavy atom. The molecule has 4 rings (SSSR count). The van der Waals surface area contributed by atoms with Gasteiger partial charge in [0.1, 0.15) is 11.9 Å². The molecule has 0 fully saturated rings. The van der Waals surface area contributed by atoms with Crippen molar-refractivity contribution >= 4 is 29.8 Å². The lowest BCUT2D eigenvalue weighted by Gasteiger charge is -2.25. The third-order valence-corrected chi connectivity index (χ3v) is 6.30. The molecule has 8 heteroatoms. The minimum absolute atomic E-state index is 0.254. The van der Waals surface area contributed by atoms with Crippen LogP contribution in [-0.4, -0.2) is 27.3 Å². The predicted molar refractivity (Wildman–Crippen MR) is 133 cm³/mol. The highest BCUT2D eigenvalue weighted by atomic mass is 32.2. The number of carbonyl (C=O) groups is 1. The molecule has 1 aliphatic heterocycles. The average Bonchev–Trinajstić information content (AvgIpc) is 3.25. The Bertz CT molecular complexity index is 1210. The molecule has 176 valence electrons. The maximum absolute atomic E-state index is 14.0. The van der Waals surface area contributed by atoms with Gasteiger partial charge in [0.15, 0.2) is 0 Å². The van der Waals surface area contributed by atoms with E-state index in [0.717, 1.165) is 18.4 Å². The number of nitrogens with one attached hydrogen (secondary N) is 1. The number of anilines is 1. The minimum Gasteiger partial charge on any atom is -0.462 e. The SMILES string of the molecule is CCCCOC(=O)C1=C(C)Nc2nc(SCc3ccccc3F)nn2C1/C=C/c1ccccc1. The lowest BCUT2D eigenvalue weighted by atomic mass is 10.0. The topological polar surface area (TPSA) is 69.0 Å². The second kappa shape index (κ2) is 11.2. The number of unbranched alkanes of at least 4 members (excludes halogenated alkanes) is 1. The van der Waals surface area contributed by atoms with E-state index in [1.54, 1.807) is 22.9 Å². The molecule has 3 aromatic rings. The van der Waals surface area contributed by atoms with E-state index in [9.17, 15) is 9.18 Å². The molecule has 1 atom stereocenters. The summed E-state index contributed by atoms with van der Waals surface area (Å²) in [5.74, 6) is 0.304. The van der Waals surface area contributed by atoms with Gasteiger partial charge in [0.05, 0.1) is 12.2 Å². The summed E-state index contributed by atoms with van der Waals surface area (Å²) in [7, 11) is 0. The number of rotatable bonds is 9. The summed E-state index contributed by atoms with van der Waals surface area (Å²) in [4.78, 5) is 17.6. The number of halogens is 1. The standard InChI is InChI=1S/C26H27FN4O2S/c1-3-4-16-33-24(32)23-18(2)28-25-29-26(34-17-20-12-8-9-13-21(20)27)30-31(25)22(23)15-14-19-10-6-5-7-11-19/h5-15,22H,3-4,16-17H2,1-2H3,(H,28,29,30)/b15-14+. The summed E-state index contributed by atoms with van der Waals surface area (Å²) in [6.45, 7) is 4.26. The summed E-state index contributed by atoms with van der Waals surface area (Å²) < 4.78 is 21.2. The fourth-order valence-corrected chi connectivity index (χ4v) is 4.40. The van der Waals surface area contributed by atoms with E-state index in [2.05, 4.69) is 15.4 Å². The first-order valence-corrected chi connectivity index (χ1v) is 12.3. The van der Waals surface area contributed by atoms with E-state index >= 15 is 0 Å². The summed E-state index contributed by atoms with van der Waals surface area (Å²) in [6, 6.07) is 16.0. The summed E-state index contributed by atoms with van der Waals surface area (Å²) in [6.07, 6.45) is 5.64.